The molecule has 4 heteroatoms. The Labute approximate surface area is 123 Å². The Balaban J connectivity index is 2.12. The van der Waals surface area contributed by atoms with Crippen LogP contribution in [0.4, 0.5) is 5.69 Å². The highest BCUT2D eigenvalue weighted by Gasteiger charge is 2.14. The van der Waals surface area contributed by atoms with E-state index in [0.717, 1.165) is 16.1 Å². The van der Waals surface area contributed by atoms with Crippen LogP contribution in [-0.2, 0) is 4.79 Å². The SMILES string of the molecule is CC(C)C(N)CC(=O)Nc1ccccc1-c1cccs1. The van der Waals surface area contributed by atoms with Crippen LogP contribution >= 0.6 is 11.3 Å². The van der Waals surface area contributed by atoms with E-state index in [0.29, 0.717) is 12.3 Å². The summed E-state index contributed by atoms with van der Waals surface area (Å²) in [5, 5.41) is 5.00. The lowest BCUT2D eigenvalue weighted by Crippen LogP contribution is -2.31. The number of benzene rings is 1. The molecule has 1 unspecified atom stereocenters. The van der Waals surface area contributed by atoms with E-state index < -0.39 is 0 Å². The predicted octanol–water partition coefficient (Wildman–Crippen LogP) is 3.73. The van der Waals surface area contributed by atoms with Crippen molar-refractivity contribution < 1.29 is 4.79 Å². The average Bonchev–Trinajstić information content (AvgIpc) is 2.92. The van der Waals surface area contributed by atoms with E-state index in [1.54, 1.807) is 11.3 Å². The topological polar surface area (TPSA) is 55.1 Å². The Morgan fingerprint density at radius 3 is 2.65 bits per heavy atom. The lowest BCUT2D eigenvalue weighted by atomic mass is 10.0. The summed E-state index contributed by atoms with van der Waals surface area (Å²) in [5.41, 5.74) is 7.84. The Morgan fingerprint density at radius 2 is 2.00 bits per heavy atom. The molecule has 1 aromatic heterocycles. The zero-order chi connectivity index (χ0) is 14.5. The van der Waals surface area contributed by atoms with Gasteiger partial charge in [0.05, 0.1) is 0 Å². The van der Waals surface area contributed by atoms with Crippen LogP contribution < -0.4 is 11.1 Å². The van der Waals surface area contributed by atoms with Crippen LogP contribution in [0.2, 0.25) is 0 Å². The van der Waals surface area contributed by atoms with Gasteiger partial charge in [0.2, 0.25) is 5.91 Å². The van der Waals surface area contributed by atoms with Gasteiger partial charge in [-0.05, 0) is 23.4 Å². The smallest absolute Gasteiger partial charge is 0.225 e. The van der Waals surface area contributed by atoms with Crippen molar-refractivity contribution in [3.63, 3.8) is 0 Å². The Morgan fingerprint density at radius 1 is 1.25 bits per heavy atom. The quantitative estimate of drug-likeness (QED) is 0.881. The van der Waals surface area contributed by atoms with E-state index in [1.807, 2.05) is 49.6 Å². The zero-order valence-electron chi connectivity index (χ0n) is 11.8. The second-order valence-corrected chi connectivity index (χ2v) is 6.13. The van der Waals surface area contributed by atoms with Crippen molar-refractivity contribution in [3.05, 3.63) is 41.8 Å². The van der Waals surface area contributed by atoms with Gasteiger partial charge in [-0.1, -0.05) is 38.1 Å². The Kier molecular flexibility index (Phi) is 4.93. The normalized spacial score (nSPS) is 12.4. The Bertz CT molecular complexity index is 564. The summed E-state index contributed by atoms with van der Waals surface area (Å²) in [7, 11) is 0. The lowest BCUT2D eigenvalue weighted by Gasteiger charge is -2.16. The van der Waals surface area contributed by atoms with E-state index in [9.17, 15) is 4.79 Å². The number of nitrogens with two attached hydrogens (primary N) is 1. The predicted molar refractivity (Wildman–Crippen MR) is 85.8 cm³/mol. The number of carbonyl (C=O) groups excluding carboxylic acids is 1. The van der Waals surface area contributed by atoms with Gasteiger partial charge < -0.3 is 11.1 Å². The zero-order valence-corrected chi connectivity index (χ0v) is 12.6. The van der Waals surface area contributed by atoms with E-state index in [1.165, 1.54) is 0 Å². The molecule has 0 saturated carbocycles. The molecule has 3 nitrogen and oxygen atoms in total. The molecule has 1 amide bonds. The number of para-hydroxylation sites is 1. The van der Waals surface area contributed by atoms with Crippen molar-refractivity contribution in [2.45, 2.75) is 26.3 Å². The second kappa shape index (κ2) is 6.68. The summed E-state index contributed by atoms with van der Waals surface area (Å²) in [6.07, 6.45) is 0.344. The number of carbonyl (C=O) groups is 1. The molecule has 0 bridgehead atoms. The lowest BCUT2D eigenvalue weighted by molar-refractivity contribution is -0.116. The number of nitrogens with one attached hydrogen (secondary N) is 1. The van der Waals surface area contributed by atoms with Gasteiger partial charge in [-0.2, -0.15) is 0 Å². The van der Waals surface area contributed by atoms with Crippen molar-refractivity contribution >= 4 is 22.9 Å². The van der Waals surface area contributed by atoms with Gasteiger partial charge in [0, 0.05) is 28.6 Å². The number of hydrogen-bond acceptors (Lipinski definition) is 3. The number of hydrogen-bond donors (Lipinski definition) is 2. The van der Waals surface area contributed by atoms with Crippen LogP contribution in [-0.4, -0.2) is 11.9 Å². The number of rotatable bonds is 5. The van der Waals surface area contributed by atoms with E-state index in [4.69, 9.17) is 5.73 Å². The third-order valence-corrected chi connectivity index (χ3v) is 4.17. The molecule has 2 rings (SSSR count). The van der Waals surface area contributed by atoms with Crippen molar-refractivity contribution in [1.29, 1.82) is 0 Å². The summed E-state index contributed by atoms with van der Waals surface area (Å²) in [6, 6.07) is 11.8. The van der Waals surface area contributed by atoms with Crippen LogP contribution in [0.1, 0.15) is 20.3 Å². The van der Waals surface area contributed by atoms with Crippen molar-refractivity contribution in [2.75, 3.05) is 5.32 Å². The first-order valence-electron chi connectivity index (χ1n) is 6.76. The van der Waals surface area contributed by atoms with E-state index in [-0.39, 0.29) is 11.9 Å². The summed E-state index contributed by atoms with van der Waals surface area (Å²) in [5.74, 6) is 0.267. The van der Waals surface area contributed by atoms with Gasteiger partial charge in [0.15, 0.2) is 0 Å². The van der Waals surface area contributed by atoms with Crippen molar-refractivity contribution in [3.8, 4) is 10.4 Å². The number of anilines is 1. The molecule has 0 saturated heterocycles. The molecular weight excluding hydrogens is 268 g/mol. The molecule has 0 aliphatic heterocycles. The Hall–Kier alpha value is -1.65. The molecule has 0 aliphatic rings. The van der Waals surface area contributed by atoms with Gasteiger partial charge in [0.25, 0.3) is 0 Å². The molecule has 0 spiro atoms. The third kappa shape index (κ3) is 3.68. The molecule has 1 aromatic carbocycles. The molecule has 20 heavy (non-hydrogen) atoms. The number of amides is 1. The fourth-order valence-electron chi connectivity index (χ4n) is 1.89. The monoisotopic (exact) mass is 288 g/mol. The molecule has 1 atom stereocenters. The minimum absolute atomic E-state index is 0.0322. The summed E-state index contributed by atoms with van der Waals surface area (Å²) in [6.45, 7) is 4.05. The van der Waals surface area contributed by atoms with Crippen molar-refractivity contribution in [1.82, 2.24) is 0 Å². The van der Waals surface area contributed by atoms with Gasteiger partial charge in [-0.3, -0.25) is 4.79 Å². The van der Waals surface area contributed by atoms with Gasteiger partial charge in [-0.25, -0.2) is 0 Å². The largest absolute Gasteiger partial charge is 0.327 e. The van der Waals surface area contributed by atoms with Crippen molar-refractivity contribution in [2.24, 2.45) is 11.7 Å². The van der Waals surface area contributed by atoms with E-state index in [2.05, 4.69) is 11.4 Å². The van der Waals surface area contributed by atoms with Gasteiger partial charge >= 0.3 is 0 Å². The summed E-state index contributed by atoms with van der Waals surface area (Å²) in [4.78, 5) is 13.2. The van der Waals surface area contributed by atoms with Crippen LogP contribution in [0.25, 0.3) is 10.4 Å². The first kappa shape index (κ1) is 14.8. The standard InChI is InChI=1S/C16H20N2OS/c1-11(2)13(17)10-16(19)18-14-7-4-3-6-12(14)15-8-5-9-20-15/h3-9,11,13H,10,17H2,1-2H3,(H,18,19). The fraction of sp³-hybridized carbons (Fsp3) is 0.312. The first-order chi connectivity index (χ1) is 9.58. The molecule has 3 N–H and O–H groups in total. The minimum atomic E-state index is -0.107. The second-order valence-electron chi connectivity index (χ2n) is 5.18. The van der Waals surface area contributed by atoms with Crippen LogP contribution in [0.5, 0.6) is 0 Å². The molecule has 0 fully saturated rings. The maximum atomic E-state index is 12.1. The minimum Gasteiger partial charge on any atom is -0.327 e. The summed E-state index contributed by atoms with van der Waals surface area (Å²) < 4.78 is 0. The third-order valence-electron chi connectivity index (χ3n) is 3.27. The first-order valence-corrected chi connectivity index (χ1v) is 7.64. The molecule has 1 heterocycles. The maximum absolute atomic E-state index is 12.1. The molecule has 0 radical (unpaired) electrons. The summed E-state index contributed by atoms with van der Waals surface area (Å²) >= 11 is 1.66. The molecular formula is C16H20N2OS. The van der Waals surface area contributed by atoms with E-state index >= 15 is 0 Å². The van der Waals surface area contributed by atoms with Crippen LogP contribution in [0.15, 0.2) is 41.8 Å². The maximum Gasteiger partial charge on any atom is 0.225 e. The highest BCUT2D eigenvalue weighted by atomic mass is 32.1. The van der Waals surface area contributed by atoms with Gasteiger partial charge in [0.1, 0.15) is 0 Å². The highest BCUT2D eigenvalue weighted by molar-refractivity contribution is 7.13. The molecule has 0 aliphatic carbocycles. The molecule has 106 valence electrons. The highest BCUT2D eigenvalue weighted by Crippen LogP contribution is 2.31. The average molecular weight is 288 g/mol. The van der Waals surface area contributed by atoms with Crippen LogP contribution in [0, 0.1) is 5.92 Å². The number of thiophene rings is 1. The van der Waals surface area contributed by atoms with Gasteiger partial charge in [-0.15, -0.1) is 11.3 Å². The fourth-order valence-corrected chi connectivity index (χ4v) is 2.66. The van der Waals surface area contributed by atoms with Crippen LogP contribution in [0.3, 0.4) is 0 Å². The molecule has 2 aromatic rings.